The van der Waals surface area contributed by atoms with Crippen molar-refractivity contribution in [2.75, 3.05) is 6.61 Å². The monoisotopic (exact) mass is 240 g/mol. The highest BCUT2D eigenvalue weighted by Gasteiger charge is 2.18. The molecule has 0 radical (unpaired) electrons. The lowest BCUT2D eigenvalue weighted by molar-refractivity contribution is 0.238. The Labute approximate surface area is 107 Å². The molecule has 0 amide bonds. The molecule has 0 saturated heterocycles. The number of ether oxygens (including phenoxy) is 1. The van der Waals surface area contributed by atoms with Crippen molar-refractivity contribution in [3.05, 3.63) is 59.9 Å². The normalized spacial score (nSPS) is 17.9. The van der Waals surface area contributed by atoms with Gasteiger partial charge in [0.15, 0.2) is 0 Å². The fraction of sp³-hybridized carbons (Fsp3) is 0.267. The summed E-state index contributed by atoms with van der Waals surface area (Å²) in [5.74, 6) is 1.02. The Morgan fingerprint density at radius 3 is 3.06 bits per heavy atom. The van der Waals surface area contributed by atoms with Crippen LogP contribution in [0.4, 0.5) is 0 Å². The highest BCUT2D eigenvalue weighted by Crippen LogP contribution is 2.23. The number of aromatic nitrogens is 1. The van der Waals surface area contributed by atoms with E-state index < -0.39 is 0 Å². The molecule has 0 spiro atoms. The second-order valence-electron chi connectivity index (χ2n) is 4.56. The second-order valence-corrected chi connectivity index (χ2v) is 4.56. The molecule has 1 aromatic carbocycles. The molecule has 1 N–H and O–H groups in total. The van der Waals surface area contributed by atoms with E-state index in [1.165, 1.54) is 11.1 Å². The van der Waals surface area contributed by atoms with Crippen molar-refractivity contribution in [3.63, 3.8) is 0 Å². The van der Waals surface area contributed by atoms with Gasteiger partial charge in [-0.3, -0.25) is 4.98 Å². The first-order valence-electron chi connectivity index (χ1n) is 6.25. The fourth-order valence-electron chi connectivity index (χ4n) is 2.22. The van der Waals surface area contributed by atoms with Crippen LogP contribution in [0.25, 0.3) is 0 Å². The van der Waals surface area contributed by atoms with Gasteiger partial charge in [0.25, 0.3) is 0 Å². The third-order valence-corrected chi connectivity index (χ3v) is 3.20. The van der Waals surface area contributed by atoms with Gasteiger partial charge >= 0.3 is 0 Å². The molecule has 3 nitrogen and oxygen atoms in total. The van der Waals surface area contributed by atoms with Gasteiger partial charge in [-0.15, -0.1) is 0 Å². The fourth-order valence-corrected chi connectivity index (χ4v) is 2.22. The lowest BCUT2D eigenvalue weighted by atomic mass is 10.0. The number of rotatable bonds is 3. The van der Waals surface area contributed by atoms with Crippen molar-refractivity contribution in [2.24, 2.45) is 0 Å². The van der Waals surface area contributed by atoms with Gasteiger partial charge in [-0.1, -0.05) is 24.3 Å². The van der Waals surface area contributed by atoms with Crippen LogP contribution >= 0.6 is 0 Å². The number of nitrogens with one attached hydrogen (secondary N) is 1. The summed E-state index contributed by atoms with van der Waals surface area (Å²) in [6.07, 6.45) is 4.71. The van der Waals surface area contributed by atoms with Crippen molar-refractivity contribution in [1.29, 1.82) is 0 Å². The molecule has 1 atom stereocenters. The highest BCUT2D eigenvalue weighted by atomic mass is 16.5. The molecule has 1 aliphatic heterocycles. The van der Waals surface area contributed by atoms with Crippen LogP contribution in [0.3, 0.4) is 0 Å². The number of nitrogens with zero attached hydrogens (tertiary/aromatic N) is 1. The number of pyridine rings is 1. The predicted octanol–water partition coefficient (Wildman–Crippen LogP) is 2.17. The molecule has 0 saturated carbocycles. The molecule has 1 aromatic heterocycles. The summed E-state index contributed by atoms with van der Waals surface area (Å²) in [5, 5.41) is 3.51. The molecular formula is C15H16N2O. The highest BCUT2D eigenvalue weighted by molar-refractivity contribution is 5.35. The van der Waals surface area contributed by atoms with E-state index in [9.17, 15) is 0 Å². The molecule has 2 aromatic rings. The maximum absolute atomic E-state index is 5.75. The second kappa shape index (κ2) is 5.19. The first-order chi connectivity index (χ1) is 8.92. The van der Waals surface area contributed by atoms with Gasteiger partial charge in [0.2, 0.25) is 0 Å². The summed E-state index contributed by atoms with van der Waals surface area (Å²) in [7, 11) is 0. The molecule has 3 heteroatoms. The predicted molar refractivity (Wildman–Crippen MR) is 70.5 cm³/mol. The minimum atomic E-state index is 0.375. The maximum atomic E-state index is 5.75. The van der Waals surface area contributed by atoms with Crippen molar-refractivity contribution >= 4 is 0 Å². The summed E-state index contributed by atoms with van der Waals surface area (Å²) in [4.78, 5) is 4.11. The molecule has 92 valence electrons. The van der Waals surface area contributed by atoms with Crippen molar-refractivity contribution in [2.45, 2.75) is 19.0 Å². The van der Waals surface area contributed by atoms with Crippen LogP contribution in [0.5, 0.6) is 5.75 Å². The SMILES string of the molecule is c1cncc(CNC2COc3ccccc3C2)c1. The Morgan fingerprint density at radius 2 is 2.17 bits per heavy atom. The molecule has 0 bridgehead atoms. The van der Waals surface area contributed by atoms with Gasteiger partial charge in [-0.05, 0) is 29.7 Å². The molecule has 0 fully saturated rings. The van der Waals surface area contributed by atoms with E-state index in [4.69, 9.17) is 4.74 Å². The number of benzene rings is 1. The van der Waals surface area contributed by atoms with Crippen molar-refractivity contribution in [1.82, 2.24) is 10.3 Å². The van der Waals surface area contributed by atoms with Crippen LogP contribution in [0, 0.1) is 0 Å². The minimum Gasteiger partial charge on any atom is -0.492 e. The van der Waals surface area contributed by atoms with E-state index >= 15 is 0 Å². The van der Waals surface area contributed by atoms with Gasteiger partial charge in [-0.25, -0.2) is 0 Å². The molecule has 3 rings (SSSR count). The van der Waals surface area contributed by atoms with Crippen LogP contribution in [-0.2, 0) is 13.0 Å². The standard InChI is InChI=1S/C15H16N2O/c1-2-6-15-13(5-1)8-14(11-18-15)17-10-12-4-3-7-16-9-12/h1-7,9,14,17H,8,10-11H2. The molecular weight excluding hydrogens is 224 g/mol. The van der Waals surface area contributed by atoms with Crippen molar-refractivity contribution in [3.8, 4) is 5.75 Å². The number of para-hydroxylation sites is 1. The average molecular weight is 240 g/mol. The minimum absolute atomic E-state index is 0.375. The summed E-state index contributed by atoms with van der Waals surface area (Å²) >= 11 is 0. The third kappa shape index (κ3) is 2.51. The van der Waals surface area contributed by atoms with Crippen LogP contribution < -0.4 is 10.1 Å². The average Bonchev–Trinajstić information content (AvgIpc) is 2.46. The van der Waals surface area contributed by atoms with Crippen LogP contribution in [-0.4, -0.2) is 17.6 Å². The van der Waals surface area contributed by atoms with Crippen LogP contribution in [0.1, 0.15) is 11.1 Å². The zero-order chi connectivity index (χ0) is 12.2. The van der Waals surface area contributed by atoms with E-state index in [1.54, 1.807) is 6.20 Å². The summed E-state index contributed by atoms with van der Waals surface area (Å²) in [5.41, 5.74) is 2.49. The molecule has 0 aliphatic carbocycles. The molecule has 1 aliphatic rings. The van der Waals surface area contributed by atoms with Crippen LogP contribution in [0.15, 0.2) is 48.8 Å². The summed E-state index contributed by atoms with van der Waals surface area (Å²) in [6.45, 7) is 1.57. The van der Waals surface area contributed by atoms with Crippen molar-refractivity contribution < 1.29 is 4.74 Å². The van der Waals surface area contributed by atoms with Gasteiger partial charge in [-0.2, -0.15) is 0 Å². The third-order valence-electron chi connectivity index (χ3n) is 3.20. The topological polar surface area (TPSA) is 34.2 Å². The Hall–Kier alpha value is -1.87. The van der Waals surface area contributed by atoms with E-state index in [0.29, 0.717) is 6.04 Å². The van der Waals surface area contributed by atoms with Gasteiger partial charge in [0.1, 0.15) is 12.4 Å². The number of hydrogen-bond acceptors (Lipinski definition) is 3. The first kappa shape index (κ1) is 11.2. The van der Waals surface area contributed by atoms with Crippen LogP contribution in [0.2, 0.25) is 0 Å². The maximum Gasteiger partial charge on any atom is 0.122 e. The van der Waals surface area contributed by atoms with E-state index in [1.807, 2.05) is 24.4 Å². The Kier molecular flexibility index (Phi) is 3.24. The van der Waals surface area contributed by atoms with Gasteiger partial charge in [0, 0.05) is 25.0 Å². The van der Waals surface area contributed by atoms with Gasteiger partial charge in [0.05, 0.1) is 0 Å². The van der Waals surface area contributed by atoms with E-state index in [-0.39, 0.29) is 0 Å². The Balaban J connectivity index is 1.60. The quantitative estimate of drug-likeness (QED) is 0.893. The number of fused-ring (bicyclic) bond motifs is 1. The smallest absolute Gasteiger partial charge is 0.122 e. The lowest BCUT2D eigenvalue weighted by Gasteiger charge is -2.26. The lowest BCUT2D eigenvalue weighted by Crippen LogP contribution is -2.38. The summed E-state index contributed by atoms with van der Waals surface area (Å²) < 4.78 is 5.75. The molecule has 18 heavy (non-hydrogen) atoms. The van der Waals surface area contributed by atoms with E-state index in [2.05, 4.69) is 28.5 Å². The zero-order valence-corrected chi connectivity index (χ0v) is 10.2. The zero-order valence-electron chi connectivity index (χ0n) is 10.2. The first-order valence-corrected chi connectivity index (χ1v) is 6.25. The molecule has 1 unspecified atom stereocenters. The Morgan fingerprint density at radius 1 is 1.22 bits per heavy atom. The largest absolute Gasteiger partial charge is 0.492 e. The van der Waals surface area contributed by atoms with E-state index in [0.717, 1.165) is 25.3 Å². The molecule has 2 heterocycles. The Bertz CT molecular complexity index is 513. The summed E-state index contributed by atoms with van der Waals surface area (Å²) in [6, 6.07) is 12.7. The number of hydrogen-bond donors (Lipinski definition) is 1. The van der Waals surface area contributed by atoms with Gasteiger partial charge < -0.3 is 10.1 Å².